The molecule has 1 amide bonds. The Hall–Kier alpha value is -1.66. The molecular formula is C23H39NO18. The summed E-state index contributed by atoms with van der Waals surface area (Å²) in [5.74, 6) is -5.66. The van der Waals surface area contributed by atoms with Gasteiger partial charge in [-0.3, -0.25) is 4.79 Å². The van der Waals surface area contributed by atoms with Crippen molar-refractivity contribution in [2.75, 3.05) is 26.4 Å². The van der Waals surface area contributed by atoms with E-state index in [4.69, 9.17) is 23.7 Å². The molecule has 244 valence electrons. The first kappa shape index (κ1) is 34.8. The van der Waals surface area contributed by atoms with Gasteiger partial charge in [0, 0.05) is 13.3 Å². The first-order valence-corrected chi connectivity index (χ1v) is 13.1. The number of aliphatic carboxylic acids is 1. The van der Waals surface area contributed by atoms with E-state index >= 15 is 0 Å². The predicted octanol–water partition coefficient (Wildman–Crippen LogP) is -7.54. The SMILES string of the molecule is CC(=O)N[C@@H]1C(O)C[C@](OC2[C@H](O)C(O[C@@H]3C(CO)OCC(O)C3O)OC(CO)[C@@H]2O)(C(=O)O)OC1[C@H](O)[C@H](O)CO. The van der Waals surface area contributed by atoms with Crippen molar-refractivity contribution in [1.29, 1.82) is 0 Å². The monoisotopic (exact) mass is 617 g/mol. The predicted molar refractivity (Wildman–Crippen MR) is 129 cm³/mol. The van der Waals surface area contributed by atoms with Crippen molar-refractivity contribution >= 4 is 11.9 Å². The summed E-state index contributed by atoms with van der Waals surface area (Å²) >= 11 is 0. The molecule has 19 nitrogen and oxygen atoms in total. The molecule has 0 bridgehead atoms. The number of carbonyl (C=O) groups is 2. The van der Waals surface area contributed by atoms with Gasteiger partial charge in [0.05, 0.1) is 38.6 Å². The molecule has 3 aliphatic heterocycles. The lowest BCUT2D eigenvalue weighted by Gasteiger charge is -2.50. The Balaban J connectivity index is 1.94. The van der Waals surface area contributed by atoms with Crippen LogP contribution in [0.4, 0.5) is 0 Å². The van der Waals surface area contributed by atoms with E-state index in [1.165, 1.54) is 0 Å². The van der Waals surface area contributed by atoms with Crippen molar-refractivity contribution in [2.24, 2.45) is 0 Å². The quantitative estimate of drug-likeness (QED) is 0.102. The first-order valence-electron chi connectivity index (χ1n) is 13.1. The summed E-state index contributed by atoms with van der Waals surface area (Å²) in [6.07, 6.45) is -24.3. The van der Waals surface area contributed by atoms with Crippen LogP contribution in [0.5, 0.6) is 0 Å². The van der Waals surface area contributed by atoms with Crippen LogP contribution in [0.25, 0.3) is 0 Å². The van der Waals surface area contributed by atoms with Crippen molar-refractivity contribution in [3.63, 3.8) is 0 Å². The van der Waals surface area contributed by atoms with Gasteiger partial charge in [0.25, 0.3) is 5.79 Å². The second-order valence-electron chi connectivity index (χ2n) is 10.4. The van der Waals surface area contributed by atoms with E-state index in [1.54, 1.807) is 0 Å². The number of hydrogen-bond donors (Lipinski definition) is 12. The van der Waals surface area contributed by atoms with Gasteiger partial charge in [-0.2, -0.15) is 0 Å². The van der Waals surface area contributed by atoms with Crippen LogP contribution in [0.15, 0.2) is 0 Å². The molecule has 0 aromatic heterocycles. The van der Waals surface area contributed by atoms with Crippen LogP contribution >= 0.6 is 0 Å². The minimum atomic E-state index is -2.99. The molecule has 19 heteroatoms. The zero-order valence-electron chi connectivity index (χ0n) is 22.4. The lowest BCUT2D eigenvalue weighted by molar-refractivity contribution is -0.379. The van der Waals surface area contributed by atoms with Gasteiger partial charge in [-0.05, 0) is 0 Å². The third kappa shape index (κ3) is 7.17. The van der Waals surface area contributed by atoms with Gasteiger partial charge in [-0.25, -0.2) is 4.79 Å². The molecule has 8 unspecified atom stereocenters. The zero-order valence-corrected chi connectivity index (χ0v) is 22.4. The third-order valence-electron chi connectivity index (χ3n) is 7.38. The largest absolute Gasteiger partial charge is 0.477 e. The summed E-state index contributed by atoms with van der Waals surface area (Å²) in [6.45, 7) is -1.97. The van der Waals surface area contributed by atoms with Crippen LogP contribution in [0.2, 0.25) is 0 Å². The van der Waals surface area contributed by atoms with Crippen LogP contribution in [0.1, 0.15) is 13.3 Å². The second-order valence-corrected chi connectivity index (χ2v) is 10.4. The van der Waals surface area contributed by atoms with Gasteiger partial charge in [-0.1, -0.05) is 0 Å². The van der Waals surface area contributed by atoms with Crippen molar-refractivity contribution in [3.05, 3.63) is 0 Å². The van der Waals surface area contributed by atoms with Crippen LogP contribution < -0.4 is 5.32 Å². The number of aliphatic hydroxyl groups excluding tert-OH is 10. The second kappa shape index (κ2) is 14.4. The Morgan fingerprint density at radius 2 is 1.60 bits per heavy atom. The van der Waals surface area contributed by atoms with Gasteiger partial charge >= 0.3 is 5.97 Å². The van der Waals surface area contributed by atoms with Crippen molar-refractivity contribution < 1.29 is 89.4 Å². The lowest BCUT2D eigenvalue weighted by Crippen LogP contribution is -2.70. The number of ether oxygens (including phenoxy) is 5. The highest BCUT2D eigenvalue weighted by molar-refractivity contribution is 5.76. The Kier molecular flexibility index (Phi) is 12.0. The Morgan fingerprint density at radius 3 is 2.14 bits per heavy atom. The fourth-order valence-electron chi connectivity index (χ4n) is 5.11. The number of hydrogen-bond acceptors (Lipinski definition) is 17. The van der Waals surface area contributed by atoms with Crippen LogP contribution in [0, 0.1) is 0 Å². The number of nitrogens with one attached hydrogen (secondary N) is 1. The highest BCUT2D eigenvalue weighted by Crippen LogP contribution is 2.38. The van der Waals surface area contributed by atoms with Crippen molar-refractivity contribution in [1.82, 2.24) is 5.32 Å². The molecule has 15 atom stereocenters. The number of carboxylic acids is 1. The Bertz CT molecular complexity index is 911. The van der Waals surface area contributed by atoms with Gasteiger partial charge in [0.15, 0.2) is 6.29 Å². The maximum Gasteiger partial charge on any atom is 0.364 e. The molecule has 0 aliphatic carbocycles. The van der Waals surface area contributed by atoms with Crippen LogP contribution in [0.3, 0.4) is 0 Å². The van der Waals surface area contributed by atoms with E-state index in [9.17, 15) is 65.8 Å². The minimum absolute atomic E-state index is 0.359. The number of aliphatic hydroxyl groups is 10. The molecule has 3 saturated heterocycles. The Labute approximate surface area is 238 Å². The van der Waals surface area contributed by atoms with E-state index in [-0.39, 0.29) is 6.61 Å². The van der Waals surface area contributed by atoms with E-state index < -0.39 is 129 Å². The summed E-state index contributed by atoms with van der Waals surface area (Å²) in [7, 11) is 0. The molecular weight excluding hydrogens is 578 g/mol. The number of rotatable bonds is 11. The number of carbonyl (C=O) groups excluding carboxylic acids is 1. The van der Waals surface area contributed by atoms with E-state index in [1.807, 2.05) is 0 Å². The van der Waals surface area contributed by atoms with Gasteiger partial charge < -0.3 is 85.2 Å². The highest BCUT2D eigenvalue weighted by atomic mass is 16.8. The van der Waals surface area contributed by atoms with Crippen molar-refractivity contribution in [2.45, 2.75) is 105 Å². The number of amides is 1. The summed E-state index contributed by atoms with van der Waals surface area (Å²) in [4.78, 5) is 24.3. The van der Waals surface area contributed by atoms with Crippen LogP contribution in [-0.2, 0) is 33.3 Å². The highest BCUT2D eigenvalue weighted by Gasteiger charge is 2.59. The zero-order chi connectivity index (χ0) is 31.5. The molecule has 0 aromatic carbocycles. The maximum absolute atomic E-state index is 12.5. The molecule has 12 N–H and O–H groups in total. The summed E-state index contributed by atoms with van der Waals surface area (Å²) < 4.78 is 27.2. The molecule has 3 rings (SSSR count). The molecule has 3 aliphatic rings. The molecule has 3 heterocycles. The van der Waals surface area contributed by atoms with Crippen LogP contribution in [-0.4, -0.2) is 186 Å². The molecule has 0 aromatic rings. The summed E-state index contributed by atoms with van der Waals surface area (Å²) in [5.41, 5.74) is 0. The molecule has 0 saturated carbocycles. The van der Waals surface area contributed by atoms with E-state index in [2.05, 4.69) is 5.32 Å². The van der Waals surface area contributed by atoms with Gasteiger partial charge in [0.2, 0.25) is 5.91 Å². The molecule has 42 heavy (non-hydrogen) atoms. The summed E-state index contributed by atoms with van der Waals surface area (Å²) in [5, 5.41) is 115. The topological polar surface area (TPSA) is 315 Å². The maximum atomic E-state index is 12.5. The average Bonchev–Trinajstić information content (AvgIpc) is 2.95. The molecule has 3 fully saturated rings. The number of carboxylic acid groups (broad SMARTS) is 1. The summed E-state index contributed by atoms with van der Waals surface area (Å²) in [6, 6.07) is -1.52. The van der Waals surface area contributed by atoms with E-state index in [0.717, 1.165) is 6.92 Å². The molecule has 0 radical (unpaired) electrons. The molecule has 0 spiro atoms. The third-order valence-corrected chi connectivity index (χ3v) is 7.38. The van der Waals surface area contributed by atoms with Crippen molar-refractivity contribution in [3.8, 4) is 0 Å². The standard InChI is InChI=1S/C23H39NO18/c1-7(28)24-13-8(29)2-23(22(36)37,41-19(13)14(32)9(30)3-25)42-20-16(34)11(4-26)39-21(17(20)35)40-18-12(5-27)38-6-10(31)15(18)33/h8-21,25-27,29-35H,2-6H2,1H3,(H,24,28)(H,36,37)/t8?,9-,10?,11?,12?,13-,14-,15?,16+,17+,18-,19?,20?,21?,23+/m1/s1. The average molecular weight is 618 g/mol. The van der Waals surface area contributed by atoms with E-state index in [0.29, 0.717) is 0 Å². The smallest absolute Gasteiger partial charge is 0.364 e. The fourth-order valence-corrected chi connectivity index (χ4v) is 5.11. The van der Waals surface area contributed by atoms with Gasteiger partial charge in [-0.15, -0.1) is 0 Å². The Morgan fingerprint density at radius 1 is 0.952 bits per heavy atom. The minimum Gasteiger partial charge on any atom is -0.477 e. The lowest BCUT2D eigenvalue weighted by atomic mass is 9.88. The van der Waals surface area contributed by atoms with Gasteiger partial charge in [0.1, 0.15) is 67.1 Å². The normalized spacial score (nSPS) is 44.3. The first-order chi connectivity index (χ1) is 19.7. The fraction of sp³-hybridized carbons (Fsp3) is 0.913.